The molecule has 1 aromatic rings. The van der Waals surface area contributed by atoms with Crippen LogP contribution in [0.1, 0.15) is 15.9 Å². The molecule has 5 nitrogen and oxygen atoms in total. The number of methoxy groups -OCH3 is 1. The lowest BCUT2D eigenvalue weighted by atomic mass is 10.1. The molecule has 0 saturated carbocycles. The molecule has 1 aliphatic rings. The summed E-state index contributed by atoms with van der Waals surface area (Å²) in [5.74, 6) is 0.251. The molecule has 0 radical (unpaired) electrons. The first-order valence-corrected chi connectivity index (χ1v) is 6.82. The van der Waals surface area contributed by atoms with Crippen molar-refractivity contribution in [3.8, 4) is 5.75 Å². The van der Waals surface area contributed by atoms with Crippen LogP contribution in [0.2, 0.25) is 0 Å². The van der Waals surface area contributed by atoms with Crippen LogP contribution in [0.3, 0.4) is 0 Å². The van der Waals surface area contributed by atoms with Crippen LogP contribution < -0.4 is 4.74 Å². The Hall–Kier alpha value is -1.40. The van der Waals surface area contributed by atoms with Gasteiger partial charge in [0.2, 0.25) is 0 Å². The maximum atomic E-state index is 11.9. The first-order chi connectivity index (χ1) is 7.90. The number of benzene rings is 1. The predicted molar refractivity (Wildman–Crippen MR) is 60.7 cm³/mol. The van der Waals surface area contributed by atoms with Gasteiger partial charge in [-0.3, -0.25) is 8.98 Å². The van der Waals surface area contributed by atoms with E-state index in [0.717, 1.165) is 11.8 Å². The van der Waals surface area contributed by atoms with Gasteiger partial charge in [-0.25, -0.2) is 0 Å². The van der Waals surface area contributed by atoms with Crippen LogP contribution in [0.4, 0.5) is 0 Å². The minimum absolute atomic E-state index is 0.283. The van der Waals surface area contributed by atoms with E-state index in [-0.39, 0.29) is 12.2 Å². The van der Waals surface area contributed by atoms with Gasteiger partial charge in [0.25, 0.3) is 10.1 Å². The molecule has 17 heavy (non-hydrogen) atoms. The van der Waals surface area contributed by atoms with E-state index in [0.29, 0.717) is 11.3 Å². The molecule has 92 valence electrons. The molecule has 2 rings (SSSR count). The first kappa shape index (κ1) is 12.1. The summed E-state index contributed by atoms with van der Waals surface area (Å²) in [6, 6.07) is 5.08. The van der Waals surface area contributed by atoms with E-state index < -0.39 is 16.2 Å². The van der Waals surface area contributed by atoms with Crippen LogP contribution in [0, 0.1) is 0 Å². The molecule has 1 aromatic carbocycles. The maximum Gasteiger partial charge on any atom is 0.265 e. The number of carbonyl (C=O) groups excluding carboxylic acids is 1. The topological polar surface area (TPSA) is 69.7 Å². The lowest BCUT2D eigenvalue weighted by Crippen LogP contribution is -2.23. The van der Waals surface area contributed by atoms with Gasteiger partial charge in [0.1, 0.15) is 11.9 Å². The molecule has 0 aliphatic heterocycles. The Kier molecular flexibility index (Phi) is 2.92. The molecule has 0 saturated heterocycles. The molecule has 0 aromatic heterocycles. The number of ketones is 1. The normalized spacial score (nSPS) is 19.2. The Labute approximate surface area is 99.5 Å². The van der Waals surface area contributed by atoms with Crippen LogP contribution in [0.15, 0.2) is 18.2 Å². The van der Waals surface area contributed by atoms with Gasteiger partial charge in [-0.15, -0.1) is 0 Å². The second kappa shape index (κ2) is 4.12. The number of ether oxygens (including phenoxy) is 1. The van der Waals surface area contributed by atoms with E-state index in [1.165, 1.54) is 7.11 Å². The zero-order valence-corrected chi connectivity index (χ0v) is 10.3. The predicted octanol–water partition coefficient (Wildman–Crippen LogP) is 0.779. The molecular formula is C11H12O5S. The summed E-state index contributed by atoms with van der Waals surface area (Å²) in [6.45, 7) is 0. The van der Waals surface area contributed by atoms with Crippen LogP contribution in [0.5, 0.6) is 5.75 Å². The molecule has 1 unspecified atom stereocenters. The van der Waals surface area contributed by atoms with Crippen LogP contribution >= 0.6 is 0 Å². The van der Waals surface area contributed by atoms with E-state index in [1.54, 1.807) is 18.2 Å². The Morgan fingerprint density at radius 1 is 1.35 bits per heavy atom. The van der Waals surface area contributed by atoms with Gasteiger partial charge in [0, 0.05) is 12.0 Å². The summed E-state index contributed by atoms with van der Waals surface area (Å²) in [6.07, 6.45) is 0.279. The number of Topliss-reactive ketones (excluding diaryl/α,β-unsaturated/α-hetero) is 1. The molecule has 0 bridgehead atoms. The third-order valence-corrected chi connectivity index (χ3v) is 3.15. The number of hydrogen-bond acceptors (Lipinski definition) is 5. The zero-order valence-electron chi connectivity index (χ0n) is 9.47. The molecule has 1 aliphatic carbocycles. The standard InChI is InChI=1S/C11H12O5S/c1-15-8-4-3-7-5-10(16-17(2,13)14)11(12)9(7)6-8/h3-4,6,10H,5H2,1-2H3. The second-order valence-corrected chi connectivity index (χ2v) is 5.48. The van der Waals surface area contributed by atoms with Gasteiger partial charge in [-0.2, -0.15) is 8.42 Å². The smallest absolute Gasteiger partial charge is 0.265 e. The van der Waals surface area contributed by atoms with Crippen molar-refractivity contribution in [1.82, 2.24) is 0 Å². The summed E-state index contributed by atoms with van der Waals surface area (Å²) in [5, 5.41) is 0. The number of fused-ring (bicyclic) bond motifs is 1. The molecule has 0 N–H and O–H groups in total. The quantitative estimate of drug-likeness (QED) is 0.747. The Morgan fingerprint density at radius 3 is 2.65 bits per heavy atom. The zero-order chi connectivity index (χ0) is 12.6. The molecular weight excluding hydrogens is 244 g/mol. The minimum Gasteiger partial charge on any atom is -0.497 e. The van der Waals surface area contributed by atoms with Gasteiger partial charge >= 0.3 is 0 Å². The Morgan fingerprint density at radius 2 is 2.06 bits per heavy atom. The van der Waals surface area contributed by atoms with Crippen LogP contribution in [0.25, 0.3) is 0 Å². The highest BCUT2D eigenvalue weighted by Crippen LogP contribution is 2.28. The largest absolute Gasteiger partial charge is 0.497 e. The van der Waals surface area contributed by atoms with Crippen molar-refractivity contribution in [3.63, 3.8) is 0 Å². The van der Waals surface area contributed by atoms with Crippen molar-refractivity contribution < 1.29 is 22.1 Å². The Bertz CT molecular complexity index is 561. The van der Waals surface area contributed by atoms with Crippen molar-refractivity contribution in [2.45, 2.75) is 12.5 Å². The summed E-state index contributed by atoms with van der Waals surface area (Å²) < 4.78 is 31.8. The van der Waals surface area contributed by atoms with E-state index in [9.17, 15) is 13.2 Å². The van der Waals surface area contributed by atoms with Crippen molar-refractivity contribution in [2.75, 3.05) is 13.4 Å². The number of hydrogen-bond donors (Lipinski definition) is 0. The lowest BCUT2D eigenvalue weighted by Gasteiger charge is -2.06. The monoisotopic (exact) mass is 256 g/mol. The average molecular weight is 256 g/mol. The molecule has 0 fully saturated rings. The number of rotatable bonds is 3. The van der Waals surface area contributed by atoms with E-state index in [4.69, 9.17) is 8.92 Å². The fourth-order valence-electron chi connectivity index (χ4n) is 1.84. The molecule has 0 heterocycles. The van der Waals surface area contributed by atoms with Gasteiger partial charge in [-0.1, -0.05) is 6.07 Å². The fraction of sp³-hybridized carbons (Fsp3) is 0.364. The molecule has 0 amide bonds. The second-order valence-electron chi connectivity index (χ2n) is 3.88. The van der Waals surface area contributed by atoms with E-state index >= 15 is 0 Å². The average Bonchev–Trinajstić information content (AvgIpc) is 2.53. The van der Waals surface area contributed by atoms with E-state index in [2.05, 4.69) is 0 Å². The SMILES string of the molecule is COc1ccc2c(c1)C(=O)C(OS(C)(=O)=O)C2. The molecule has 0 spiro atoms. The molecule has 6 heteroatoms. The minimum atomic E-state index is -3.63. The molecule has 1 atom stereocenters. The van der Waals surface area contributed by atoms with Crippen molar-refractivity contribution in [2.24, 2.45) is 0 Å². The van der Waals surface area contributed by atoms with E-state index in [1.807, 2.05) is 0 Å². The third-order valence-electron chi connectivity index (χ3n) is 2.57. The highest BCUT2D eigenvalue weighted by molar-refractivity contribution is 7.86. The number of carbonyl (C=O) groups is 1. The van der Waals surface area contributed by atoms with Gasteiger partial charge in [0.05, 0.1) is 13.4 Å². The van der Waals surface area contributed by atoms with Crippen molar-refractivity contribution in [1.29, 1.82) is 0 Å². The maximum absolute atomic E-state index is 11.9. The Balaban J connectivity index is 2.30. The lowest BCUT2D eigenvalue weighted by molar-refractivity contribution is 0.0830. The van der Waals surface area contributed by atoms with Gasteiger partial charge in [0.15, 0.2) is 5.78 Å². The fourth-order valence-corrected chi connectivity index (χ4v) is 2.42. The highest BCUT2D eigenvalue weighted by Gasteiger charge is 2.34. The summed E-state index contributed by atoms with van der Waals surface area (Å²) in [7, 11) is -2.12. The highest BCUT2D eigenvalue weighted by atomic mass is 32.2. The van der Waals surface area contributed by atoms with Crippen molar-refractivity contribution >= 4 is 15.9 Å². The van der Waals surface area contributed by atoms with Crippen molar-refractivity contribution in [3.05, 3.63) is 29.3 Å². The van der Waals surface area contributed by atoms with Gasteiger partial charge < -0.3 is 4.74 Å². The first-order valence-electron chi connectivity index (χ1n) is 5.00. The van der Waals surface area contributed by atoms with Crippen LogP contribution in [-0.2, 0) is 20.7 Å². The van der Waals surface area contributed by atoms with Gasteiger partial charge in [-0.05, 0) is 17.7 Å². The summed E-state index contributed by atoms with van der Waals surface area (Å²) >= 11 is 0. The van der Waals surface area contributed by atoms with Crippen LogP contribution in [-0.4, -0.2) is 33.7 Å². The summed E-state index contributed by atoms with van der Waals surface area (Å²) in [5.41, 5.74) is 1.25. The third kappa shape index (κ3) is 2.48. The summed E-state index contributed by atoms with van der Waals surface area (Å²) in [4.78, 5) is 11.9.